The number of hydrogen-bond donors (Lipinski definition) is 0. The molecular weight excluding hydrogens is 286 g/mol. The van der Waals surface area contributed by atoms with Crippen LogP contribution in [-0.2, 0) is 9.84 Å². The Morgan fingerprint density at radius 2 is 1.81 bits per heavy atom. The first kappa shape index (κ1) is 12.8. The van der Waals surface area contributed by atoms with Gasteiger partial charge in [0.2, 0.25) is 0 Å². The lowest BCUT2D eigenvalue weighted by Gasteiger charge is -2.20. The van der Waals surface area contributed by atoms with Gasteiger partial charge >= 0.3 is 0 Å². The summed E-state index contributed by atoms with van der Waals surface area (Å²) in [6.07, 6.45) is 5.77. The van der Waals surface area contributed by atoms with Gasteiger partial charge in [0.1, 0.15) is 0 Å². The third kappa shape index (κ3) is 2.03. The largest absolute Gasteiger partial charge is 0.356 e. The lowest BCUT2D eigenvalue weighted by molar-refractivity contribution is 0.432. The molecule has 4 nitrogen and oxygen atoms in total. The molecule has 0 aliphatic carbocycles. The quantitative estimate of drug-likeness (QED) is 0.855. The molecule has 0 amide bonds. The Hall–Kier alpha value is -1.88. The molecule has 1 fully saturated rings. The molecule has 4 rings (SSSR count). The maximum absolute atomic E-state index is 12.1. The second-order valence-electron chi connectivity index (χ2n) is 5.68. The molecule has 2 unspecified atom stereocenters. The Labute approximate surface area is 123 Å². The third-order valence-electron chi connectivity index (χ3n) is 4.47. The minimum atomic E-state index is -2.91. The minimum Gasteiger partial charge on any atom is -0.356 e. The predicted octanol–water partition coefficient (Wildman–Crippen LogP) is 3.07. The zero-order chi connectivity index (χ0) is 14.4. The molecule has 0 radical (unpaired) electrons. The number of sulfone groups is 1. The van der Waals surface area contributed by atoms with E-state index < -0.39 is 9.84 Å². The van der Waals surface area contributed by atoms with E-state index in [1.807, 2.05) is 36.4 Å². The summed E-state index contributed by atoms with van der Waals surface area (Å²) < 4.78 is 29.3. The summed E-state index contributed by atoms with van der Waals surface area (Å²) in [5.74, 6) is 0.738. The van der Waals surface area contributed by atoms with Gasteiger partial charge in [-0.1, -0.05) is 35.5 Å². The number of allylic oxidation sites excluding steroid dienone is 1. The van der Waals surface area contributed by atoms with Crippen molar-refractivity contribution >= 4 is 15.4 Å². The van der Waals surface area contributed by atoms with Crippen molar-refractivity contribution in [3.8, 4) is 11.3 Å². The molecule has 1 aromatic carbocycles. The van der Waals surface area contributed by atoms with E-state index in [-0.39, 0.29) is 10.5 Å². The van der Waals surface area contributed by atoms with E-state index in [9.17, 15) is 8.42 Å². The molecule has 0 N–H and O–H groups in total. The average Bonchev–Trinajstić information content (AvgIpc) is 3.02. The fraction of sp³-hybridized carbons (Fsp3) is 0.312. The standard InChI is InChI=1S/C16H15NO3S/c18-21(19)14-5-6-15(21)10-13(9-14)11-1-3-12(4-2-11)16-7-8-17-20-16/h1-4,7-9,14-15H,5-6,10H2. The highest BCUT2D eigenvalue weighted by molar-refractivity contribution is 7.93. The molecule has 0 spiro atoms. The summed E-state index contributed by atoms with van der Waals surface area (Å²) in [6, 6.07) is 9.85. The first-order chi connectivity index (χ1) is 10.1. The van der Waals surface area contributed by atoms with Gasteiger partial charge in [-0.3, -0.25) is 0 Å². The van der Waals surface area contributed by atoms with Gasteiger partial charge in [0.25, 0.3) is 0 Å². The van der Waals surface area contributed by atoms with Crippen LogP contribution in [0.15, 0.2) is 47.1 Å². The van der Waals surface area contributed by atoms with E-state index in [1.54, 1.807) is 6.20 Å². The number of rotatable bonds is 2. The summed E-state index contributed by atoms with van der Waals surface area (Å²) in [6.45, 7) is 0. The summed E-state index contributed by atoms with van der Waals surface area (Å²) in [5, 5.41) is 3.24. The van der Waals surface area contributed by atoms with Crippen LogP contribution in [0.1, 0.15) is 24.8 Å². The second-order valence-corrected chi connectivity index (χ2v) is 8.13. The molecule has 5 heteroatoms. The number of benzene rings is 1. The van der Waals surface area contributed by atoms with Crippen molar-refractivity contribution < 1.29 is 12.9 Å². The highest BCUT2D eigenvalue weighted by Crippen LogP contribution is 2.40. The minimum absolute atomic E-state index is 0.184. The molecule has 2 aliphatic rings. The van der Waals surface area contributed by atoms with Crippen LogP contribution in [0.2, 0.25) is 0 Å². The summed E-state index contributed by atoms with van der Waals surface area (Å²) in [4.78, 5) is 0. The van der Waals surface area contributed by atoms with Gasteiger partial charge in [-0.25, -0.2) is 8.42 Å². The Bertz CT molecular complexity index is 789. The molecule has 2 aliphatic heterocycles. The lowest BCUT2D eigenvalue weighted by atomic mass is 9.99. The Kier molecular flexibility index (Phi) is 2.79. The molecule has 108 valence electrons. The Morgan fingerprint density at radius 3 is 2.48 bits per heavy atom. The molecule has 0 saturated carbocycles. The molecule has 2 bridgehead atoms. The van der Waals surface area contributed by atoms with Crippen LogP contribution in [0.5, 0.6) is 0 Å². The van der Waals surface area contributed by atoms with Gasteiger partial charge < -0.3 is 4.52 Å². The number of aromatic nitrogens is 1. The van der Waals surface area contributed by atoms with Crippen molar-refractivity contribution in [2.24, 2.45) is 0 Å². The van der Waals surface area contributed by atoms with Crippen molar-refractivity contribution in [3.05, 3.63) is 48.2 Å². The Morgan fingerprint density at radius 1 is 1.05 bits per heavy atom. The lowest BCUT2D eigenvalue weighted by Crippen LogP contribution is -2.26. The number of fused-ring (bicyclic) bond motifs is 2. The van der Waals surface area contributed by atoms with E-state index in [4.69, 9.17) is 4.52 Å². The van der Waals surface area contributed by atoms with Crippen molar-refractivity contribution in [3.63, 3.8) is 0 Å². The van der Waals surface area contributed by atoms with Crippen molar-refractivity contribution in [2.45, 2.75) is 29.8 Å². The number of hydrogen-bond acceptors (Lipinski definition) is 4. The van der Waals surface area contributed by atoms with Crippen molar-refractivity contribution in [2.75, 3.05) is 0 Å². The fourth-order valence-electron chi connectivity index (χ4n) is 3.29. The number of nitrogens with zero attached hydrogens (tertiary/aromatic N) is 1. The highest BCUT2D eigenvalue weighted by atomic mass is 32.2. The van der Waals surface area contributed by atoms with Crippen LogP contribution in [0.3, 0.4) is 0 Å². The topological polar surface area (TPSA) is 60.2 Å². The highest BCUT2D eigenvalue weighted by Gasteiger charge is 2.43. The summed E-state index contributed by atoms with van der Waals surface area (Å²) >= 11 is 0. The van der Waals surface area contributed by atoms with Crippen LogP contribution < -0.4 is 0 Å². The van der Waals surface area contributed by atoms with Crippen LogP contribution >= 0.6 is 0 Å². The van der Waals surface area contributed by atoms with Gasteiger partial charge in [0.05, 0.1) is 16.7 Å². The third-order valence-corrected chi connectivity index (χ3v) is 7.02. The summed E-state index contributed by atoms with van der Waals surface area (Å²) in [7, 11) is -2.91. The maximum Gasteiger partial charge on any atom is 0.166 e. The van der Waals surface area contributed by atoms with Crippen LogP contribution in [0.4, 0.5) is 0 Å². The van der Waals surface area contributed by atoms with Crippen LogP contribution in [0, 0.1) is 0 Å². The maximum atomic E-state index is 12.1. The van der Waals surface area contributed by atoms with E-state index in [0.29, 0.717) is 6.42 Å². The van der Waals surface area contributed by atoms with E-state index >= 15 is 0 Å². The van der Waals surface area contributed by atoms with Gasteiger partial charge in [0, 0.05) is 11.6 Å². The zero-order valence-electron chi connectivity index (χ0n) is 11.4. The molecule has 3 heterocycles. The van der Waals surface area contributed by atoms with Crippen LogP contribution in [-0.4, -0.2) is 24.1 Å². The van der Waals surface area contributed by atoms with Crippen molar-refractivity contribution in [1.29, 1.82) is 0 Å². The van der Waals surface area contributed by atoms with Crippen molar-refractivity contribution in [1.82, 2.24) is 5.16 Å². The van der Waals surface area contributed by atoms with Gasteiger partial charge in [0.15, 0.2) is 15.6 Å². The molecule has 2 aromatic rings. The SMILES string of the molecule is O=S1(=O)C2C=C(c3ccc(-c4ccno4)cc3)CC1CC2. The first-order valence-electron chi connectivity index (χ1n) is 7.09. The smallest absolute Gasteiger partial charge is 0.166 e. The van der Waals surface area contributed by atoms with Crippen LogP contribution in [0.25, 0.3) is 16.9 Å². The van der Waals surface area contributed by atoms with Gasteiger partial charge in [-0.05, 0) is 30.4 Å². The molecule has 21 heavy (non-hydrogen) atoms. The monoisotopic (exact) mass is 301 g/mol. The van der Waals surface area contributed by atoms with E-state index in [1.165, 1.54) is 0 Å². The molecule has 1 aromatic heterocycles. The predicted molar refractivity (Wildman–Crippen MR) is 80.3 cm³/mol. The second kappa shape index (κ2) is 4.56. The van der Waals surface area contributed by atoms with E-state index in [2.05, 4.69) is 5.16 Å². The molecule has 2 atom stereocenters. The first-order valence-corrected chi connectivity index (χ1v) is 8.70. The van der Waals surface area contributed by atoms with E-state index in [0.717, 1.165) is 35.3 Å². The molecule has 1 saturated heterocycles. The fourth-order valence-corrected chi connectivity index (χ4v) is 5.48. The average molecular weight is 301 g/mol. The zero-order valence-corrected chi connectivity index (χ0v) is 12.2. The normalized spacial score (nSPS) is 26.6. The van der Waals surface area contributed by atoms with Gasteiger partial charge in [-0.15, -0.1) is 0 Å². The molecular formula is C16H15NO3S. The summed E-state index contributed by atoms with van der Waals surface area (Å²) in [5.41, 5.74) is 3.23. The van der Waals surface area contributed by atoms with Gasteiger partial charge in [-0.2, -0.15) is 0 Å². The Balaban J connectivity index is 1.66.